The van der Waals surface area contributed by atoms with Gasteiger partial charge in [0.25, 0.3) is 5.91 Å². The van der Waals surface area contributed by atoms with Gasteiger partial charge in [-0.15, -0.1) is 0 Å². The molecule has 0 bridgehead atoms. The quantitative estimate of drug-likeness (QED) is 0.772. The Bertz CT molecular complexity index is 906. The van der Waals surface area contributed by atoms with Gasteiger partial charge in [0.1, 0.15) is 0 Å². The minimum absolute atomic E-state index is 0.241. The molecule has 5 nitrogen and oxygen atoms in total. The lowest BCUT2D eigenvalue weighted by Gasteiger charge is -2.21. The van der Waals surface area contributed by atoms with Crippen molar-refractivity contribution in [3.05, 3.63) is 60.2 Å². The summed E-state index contributed by atoms with van der Waals surface area (Å²) in [6.45, 7) is 2.03. The monoisotopic (exact) mass is 321 g/mol. The molecule has 0 spiro atoms. The number of hydrogen-bond donors (Lipinski definition) is 2. The van der Waals surface area contributed by atoms with Gasteiger partial charge in [-0.1, -0.05) is 6.08 Å². The third-order valence-electron chi connectivity index (χ3n) is 4.44. The number of aromatic nitrogens is 1. The zero-order valence-electron chi connectivity index (χ0n) is 13.5. The molecule has 2 N–H and O–H groups in total. The minimum Gasteiger partial charge on any atom is -0.459 e. The fourth-order valence-electron chi connectivity index (χ4n) is 3.08. The minimum atomic E-state index is -0.241. The Hall–Kier alpha value is -2.79. The summed E-state index contributed by atoms with van der Waals surface area (Å²) in [7, 11) is 2.13. The zero-order valence-corrected chi connectivity index (χ0v) is 13.5. The first-order chi connectivity index (χ1) is 11.7. The van der Waals surface area contributed by atoms with E-state index in [0.717, 1.165) is 36.1 Å². The van der Waals surface area contributed by atoms with Crippen LogP contribution >= 0.6 is 0 Å². The van der Waals surface area contributed by atoms with E-state index in [1.807, 2.05) is 18.2 Å². The number of amides is 1. The fourth-order valence-corrected chi connectivity index (χ4v) is 3.08. The van der Waals surface area contributed by atoms with Crippen molar-refractivity contribution in [3.63, 3.8) is 0 Å². The van der Waals surface area contributed by atoms with Gasteiger partial charge in [0.2, 0.25) is 0 Å². The number of fused-ring (bicyclic) bond motifs is 1. The number of likely N-dealkylation sites (N-methyl/N-ethyl adjacent to an activating group) is 1. The average molecular weight is 321 g/mol. The van der Waals surface area contributed by atoms with Crippen molar-refractivity contribution in [1.29, 1.82) is 0 Å². The SMILES string of the molecule is CN1CC=C(c2c[nH]c3ccc(NC(=O)c4ccco4)cc23)CC1. The van der Waals surface area contributed by atoms with E-state index in [9.17, 15) is 4.79 Å². The van der Waals surface area contributed by atoms with Crippen molar-refractivity contribution in [3.8, 4) is 0 Å². The average Bonchev–Trinajstić information content (AvgIpc) is 3.25. The van der Waals surface area contributed by atoms with E-state index in [2.05, 4.69) is 34.5 Å². The number of hydrogen-bond acceptors (Lipinski definition) is 3. The summed E-state index contributed by atoms with van der Waals surface area (Å²) in [5, 5.41) is 4.02. The number of H-pyrrole nitrogens is 1. The Morgan fingerprint density at radius 3 is 3.00 bits per heavy atom. The van der Waals surface area contributed by atoms with Gasteiger partial charge in [-0.05, 0) is 49.4 Å². The van der Waals surface area contributed by atoms with E-state index in [1.165, 1.54) is 17.4 Å². The van der Waals surface area contributed by atoms with E-state index in [1.54, 1.807) is 12.1 Å². The smallest absolute Gasteiger partial charge is 0.291 e. The second kappa shape index (κ2) is 6.02. The molecule has 3 heterocycles. The van der Waals surface area contributed by atoms with E-state index in [0.29, 0.717) is 5.76 Å². The molecule has 0 unspecified atom stereocenters. The summed E-state index contributed by atoms with van der Waals surface area (Å²) in [5.74, 6) is 0.0670. The van der Waals surface area contributed by atoms with Crippen molar-refractivity contribution in [1.82, 2.24) is 9.88 Å². The van der Waals surface area contributed by atoms with Gasteiger partial charge in [-0.2, -0.15) is 0 Å². The van der Waals surface area contributed by atoms with Gasteiger partial charge in [-0.3, -0.25) is 4.79 Å². The maximum absolute atomic E-state index is 12.1. The molecular formula is C19H19N3O2. The molecule has 0 atom stereocenters. The lowest BCUT2D eigenvalue weighted by molar-refractivity contribution is 0.0996. The normalized spacial score (nSPS) is 15.5. The van der Waals surface area contributed by atoms with Crippen LogP contribution in [0, 0.1) is 0 Å². The van der Waals surface area contributed by atoms with Gasteiger partial charge in [0, 0.05) is 41.4 Å². The Balaban J connectivity index is 1.65. The second-order valence-electron chi connectivity index (χ2n) is 6.14. The second-order valence-corrected chi connectivity index (χ2v) is 6.14. The number of anilines is 1. The number of furan rings is 1. The van der Waals surface area contributed by atoms with Crippen molar-refractivity contribution < 1.29 is 9.21 Å². The number of benzene rings is 1. The van der Waals surface area contributed by atoms with Crippen LogP contribution in [0.15, 0.2) is 53.3 Å². The van der Waals surface area contributed by atoms with E-state index in [-0.39, 0.29) is 5.91 Å². The Morgan fingerprint density at radius 2 is 2.25 bits per heavy atom. The van der Waals surface area contributed by atoms with Crippen LogP contribution < -0.4 is 5.32 Å². The van der Waals surface area contributed by atoms with Crippen molar-refractivity contribution in [2.24, 2.45) is 0 Å². The highest BCUT2D eigenvalue weighted by molar-refractivity contribution is 6.04. The molecule has 0 fully saturated rings. The molecule has 3 aromatic rings. The molecule has 2 aromatic heterocycles. The molecule has 0 radical (unpaired) electrons. The summed E-state index contributed by atoms with van der Waals surface area (Å²) < 4.78 is 5.14. The van der Waals surface area contributed by atoms with Crippen molar-refractivity contribution in [2.45, 2.75) is 6.42 Å². The first kappa shape index (κ1) is 14.8. The molecule has 1 aliphatic rings. The Morgan fingerprint density at radius 1 is 1.33 bits per heavy atom. The van der Waals surface area contributed by atoms with Gasteiger partial charge < -0.3 is 19.6 Å². The molecule has 1 aliphatic heterocycles. The summed E-state index contributed by atoms with van der Waals surface area (Å²) >= 11 is 0. The highest BCUT2D eigenvalue weighted by Crippen LogP contribution is 2.30. The van der Waals surface area contributed by atoms with Crippen LogP contribution in [0.25, 0.3) is 16.5 Å². The molecule has 24 heavy (non-hydrogen) atoms. The van der Waals surface area contributed by atoms with Crippen LogP contribution in [0.3, 0.4) is 0 Å². The van der Waals surface area contributed by atoms with Crippen LogP contribution in [0.5, 0.6) is 0 Å². The van der Waals surface area contributed by atoms with E-state index in [4.69, 9.17) is 4.42 Å². The fraction of sp³-hybridized carbons (Fsp3) is 0.211. The molecule has 5 heteroatoms. The molecule has 4 rings (SSSR count). The molecule has 0 saturated carbocycles. The predicted molar refractivity (Wildman–Crippen MR) is 95.1 cm³/mol. The number of rotatable bonds is 3. The third-order valence-corrected chi connectivity index (χ3v) is 4.44. The number of carbonyl (C=O) groups excluding carboxylic acids is 1. The molecule has 0 saturated heterocycles. The molecule has 1 aromatic carbocycles. The van der Waals surface area contributed by atoms with Gasteiger partial charge in [0.15, 0.2) is 5.76 Å². The van der Waals surface area contributed by atoms with E-state index >= 15 is 0 Å². The number of nitrogens with zero attached hydrogens (tertiary/aromatic N) is 1. The topological polar surface area (TPSA) is 61.3 Å². The maximum Gasteiger partial charge on any atom is 0.291 e. The van der Waals surface area contributed by atoms with Crippen LogP contribution in [0.2, 0.25) is 0 Å². The summed E-state index contributed by atoms with van der Waals surface area (Å²) in [6.07, 6.45) is 6.86. The van der Waals surface area contributed by atoms with Gasteiger partial charge in [0.05, 0.1) is 6.26 Å². The summed E-state index contributed by atoms with van der Waals surface area (Å²) in [5.41, 5.74) is 4.40. The summed E-state index contributed by atoms with van der Waals surface area (Å²) in [6, 6.07) is 9.26. The number of carbonyl (C=O) groups is 1. The van der Waals surface area contributed by atoms with Crippen molar-refractivity contribution >= 4 is 28.1 Å². The lowest BCUT2D eigenvalue weighted by atomic mass is 9.99. The molecule has 1 amide bonds. The zero-order chi connectivity index (χ0) is 16.5. The van der Waals surface area contributed by atoms with E-state index < -0.39 is 0 Å². The summed E-state index contributed by atoms with van der Waals surface area (Å²) in [4.78, 5) is 17.8. The predicted octanol–water partition coefficient (Wildman–Crippen LogP) is 3.73. The lowest BCUT2D eigenvalue weighted by Crippen LogP contribution is -2.23. The maximum atomic E-state index is 12.1. The first-order valence-corrected chi connectivity index (χ1v) is 8.04. The Labute approximate surface area is 140 Å². The molecule has 0 aliphatic carbocycles. The van der Waals surface area contributed by atoms with Crippen molar-refractivity contribution in [2.75, 3.05) is 25.5 Å². The number of aromatic amines is 1. The van der Waals surface area contributed by atoms with Crippen LogP contribution in [-0.4, -0.2) is 35.9 Å². The third kappa shape index (κ3) is 2.74. The van der Waals surface area contributed by atoms with Crippen LogP contribution in [0.1, 0.15) is 22.5 Å². The molecular weight excluding hydrogens is 302 g/mol. The van der Waals surface area contributed by atoms with Crippen LogP contribution in [0.4, 0.5) is 5.69 Å². The largest absolute Gasteiger partial charge is 0.459 e. The molecule has 122 valence electrons. The highest BCUT2D eigenvalue weighted by atomic mass is 16.3. The first-order valence-electron chi connectivity index (χ1n) is 8.04. The number of nitrogens with one attached hydrogen (secondary N) is 2. The standard InChI is InChI=1S/C19H19N3O2/c1-22-8-6-13(7-9-22)16-12-20-17-5-4-14(11-15(16)17)21-19(23)18-3-2-10-24-18/h2-6,10-12,20H,7-9H2,1H3,(H,21,23). The van der Waals surface area contributed by atoms with Gasteiger partial charge in [-0.25, -0.2) is 0 Å². The van der Waals surface area contributed by atoms with Gasteiger partial charge >= 0.3 is 0 Å². The van der Waals surface area contributed by atoms with Crippen LogP contribution in [-0.2, 0) is 0 Å². The Kier molecular flexibility index (Phi) is 3.70. The highest BCUT2D eigenvalue weighted by Gasteiger charge is 2.15.